The summed E-state index contributed by atoms with van der Waals surface area (Å²) in [7, 11) is -1.75. The first-order valence-corrected chi connectivity index (χ1v) is 21.8. The number of primary amides is 2. The van der Waals surface area contributed by atoms with Crippen LogP contribution in [0.2, 0.25) is 0 Å². The fourth-order valence-corrected chi connectivity index (χ4v) is 11.4. The molecule has 2 amide bonds. The molecule has 57 heavy (non-hydrogen) atoms. The summed E-state index contributed by atoms with van der Waals surface area (Å²) in [4.78, 5) is 20.9. The Morgan fingerprint density at radius 2 is 0.860 bits per heavy atom. The average molecular weight is 883 g/mol. The second-order valence-corrected chi connectivity index (χ2v) is 18.0. The molecule has 4 N–H and O–H groups in total. The summed E-state index contributed by atoms with van der Waals surface area (Å²) in [6, 6.07) is 65.0. The SMILES string of the molecule is NC(=O)C1=CC=C[N-]C1.NC(=O)C1CCC[N-]C1.[Pd+2].c1ccc([PH+](c2ccccc2)c2ccccc2)cc1.c1ccc([PH+](c2ccccc2)c2ccccc2)cc1. The molecule has 292 valence electrons. The fraction of sp³-hybridized carbons (Fsp3) is 0.125. The number of hydrogen-bond donors (Lipinski definition) is 2. The largest absolute Gasteiger partial charge is 2.00 e. The van der Waals surface area contributed by atoms with Crippen LogP contribution in [0.3, 0.4) is 0 Å². The maximum Gasteiger partial charge on any atom is 2.00 e. The molecule has 1 saturated heterocycles. The van der Waals surface area contributed by atoms with E-state index >= 15 is 0 Å². The molecule has 6 nitrogen and oxygen atoms in total. The van der Waals surface area contributed by atoms with Crippen molar-refractivity contribution in [2.45, 2.75) is 12.8 Å². The van der Waals surface area contributed by atoms with E-state index in [9.17, 15) is 9.59 Å². The minimum absolute atomic E-state index is 0. The van der Waals surface area contributed by atoms with Crippen molar-refractivity contribution in [3.63, 3.8) is 0 Å². The van der Waals surface area contributed by atoms with Crippen LogP contribution < -0.4 is 43.3 Å². The molecule has 6 aromatic carbocycles. The van der Waals surface area contributed by atoms with Gasteiger partial charge >= 0.3 is 20.4 Å². The molecule has 2 aliphatic rings. The van der Waals surface area contributed by atoms with Gasteiger partial charge in [0.1, 0.15) is 31.8 Å². The number of rotatable bonds is 8. The molecule has 8 rings (SSSR count). The molecular formula is C48H50N4O2P2Pd+2. The topological polar surface area (TPSA) is 114 Å². The van der Waals surface area contributed by atoms with Gasteiger partial charge in [-0.2, -0.15) is 6.20 Å². The first-order valence-electron chi connectivity index (χ1n) is 18.8. The van der Waals surface area contributed by atoms with Crippen LogP contribution in [-0.2, 0) is 30.0 Å². The normalized spacial score (nSPS) is 14.0. The monoisotopic (exact) mass is 882 g/mol. The van der Waals surface area contributed by atoms with Crippen molar-refractivity contribution in [3.8, 4) is 0 Å². The van der Waals surface area contributed by atoms with Crippen molar-refractivity contribution in [1.29, 1.82) is 0 Å². The Morgan fingerprint density at radius 3 is 1.05 bits per heavy atom. The standard InChI is InChI=1S/2C18H15P.C6H11N2O.C6H8N2O.Pd/c2*1-4-10-16(11-5-1)19(17-12-6-2-7-13-17)18-14-8-3-9-15-18;2*7-6(9)5-2-1-3-8-4-5;/h2*1-15H;5H,1-4H2,(H2,7,9);1-3H,4H2,(H3,7,8,9);/q;;-1;;+2/p+1. The summed E-state index contributed by atoms with van der Waals surface area (Å²) in [6.07, 6.45) is 6.97. The van der Waals surface area contributed by atoms with Gasteiger partial charge in [-0.15, -0.1) is 13.1 Å². The second-order valence-electron chi connectivity index (χ2n) is 13.1. The zero-order valence-electron chi connectivity index (χ0n) is 31.8. The Labute approximate surface area is 354 Å². The van der Waals surface area contributed by atoms with E-state index in [4.69, 9.17) is 11.5 Å². The molecule has 0 spiro atoms. The van der Waals surface area contributed by atoms with Crippen molar-refractivity contribution < 1.29 is 30.0 Å². The molecule has 1 unspecified atom stereocenters. The van der Waals surface area contributed by atoms with Gasteiger partial charge in [0.25, 0.3) is 0 Å². The minimum Gasteiger partial charge on any atom is -0.687 e. The first kappa shape index (κ1) is 44.7. The summed E-state index contributed by atoms with van der Waals surface area (Å²) in [5.74, 6) is -0.555. The Morgan fingerprint density at radius 1 is 0.526 bits per heavy atom. The van der Waals surface area contributed by atoms with E-state index in [-0.39, 0.29) is 38.2 Å². The fourth-order valence-electron chi connectivity index (χ4n) is 6.23. The smallest absolute Gasteiger partial charge is 0.687 e. The predicted molar refractivity (Wildman–Crippen MR) is 243 cm³/mol. The van der Waals surface area contributed by atoms with Crippen LogP contribution in [0.1, 0.15) is 12.8 Å². The Balaban J connectivity index is 0.000000178. The molecule has 0 aliphatic carbocycles. The number of hydrogen-bond acceptors (Lipinski definition) is 2. The Bertz CT molecular complexity index is 1780. The zero-order chi connectivity index (χ0) is 39.2. The number of carbonyl (C=O) groups excluding carboxylic acids is 2. The molecular weight excluding hydrogens is 833 g/mol. The minimum atomic E-state index is -0.877. The summed E-state index contributed by atoms with van der Waals surface area (Å²) >= 11 is 0. The van der Waals surface area contributed by atoms with E-state index in [0.717, 1.165) is 19.4 Å². The van der Waals surface area contributed by atoms with Crippen LogP contribution in [0.15, 0.2) is 206 Å². The molecule has 6 aromatic rings. The van der Waals surface area contributed by atoms with Crippen LogP contribution in [0.4, 0.5) is 0 Å². The number of benzene rings is 6. The third-order valence-electron chi connectivity index (χ3n) is 9.06. The number of carbonyl (C=O) groups is 2. The van der Waals surface area contributed by atoms with Gasteiger partial charge in [-0.1, -0.05) is 134 Å². The van der Waals surface area contributed by atoms with E-state index in [2.05, 4.69) is 193 Å². The quantitative estimate of drug-likeness (QED) is 0.128. The Hall–Kier alpha value is -4.98. The third-order valence-corrected chi connectivity index (χ3v) is 14.5. The van der Waals surface area contributed by atoms with Crippen LogP contribution >= 0.6 is 15.8 Å². The van der Waals surface area contributed by atoms with E-state index in [1.807, 2.05) is 0 Å². The van der Waals surface area contributed by atoms with Gasteiger partial charge in [-0.25, -0.2) is 0 Å². The number of nitrogens with two attached hydrogens (primary N) is 2. The van der Waals surface area contributed by atoms with Crippen molar-refractivity contribution >= 4 is 59.5 Å². The van der Waals surface area contributed by atoms with E-state index in [1.165, 1.54) is 31.8 Å². The molecule has 0 aromatic heterocycles. The molecule has 1 atom stereocenters. The summed E-state index contributed by atoms with van der Waals surface area (Å²) in [5, 5.41) is 16.5. The predicted octanol–water partition coefficient (Wildman–Crippen LogP) is 6.91. The van der Waals surface area contributed by atoms with Crippen LogP contribution in [-0.4, -0.2) is 31.4 Å². The van der Waals surface area contributed by atoms with Gasteiger partial charge in [0, 0.05) is 5.92 Å². The maximum absolute atomic E-state index is 10.5. The molecule has 2 heterocycles. The average Bonchev–Trinajstić information content (AvgIpc) is 3.27. The van der Waals surface area contributed by atoms with E-state index in [0.29, 0.717) is 18.7 Å². The number of piperidine rings is 1. The summed E-state index contributed by atoms with van der Waals surface area (Å²) in [6.45, 7) is 1.98. The second kappa shape index (κ2) is 25.3. The molecule has 2 aliphatic heterocycles. The first-order chi connectivity index (χ1) is 27.5. The van der Waals surface area contributed by atoms with E-state index < -0.39 is 15.8 Å². The number of nitrogens with zero attached hydrogens (tertiary/aromatic N) is 2. The van der Waals surface area contributed by atoms with Crippen molar-refractivity contribution in [3.05, 3.63) is 217 Å². The van der Waals surface area contributed by atoms with Crippen molar-refractivity contribution in [1.82, 2.24) is 0 Å². The molecule has 9 heteroatoms. The van der Waals surface area contributed by atoms with Gasteiger partial charge in [0.15, 0.2) is 0 Å². The summed E-state index contributed by atoms with van der Waals surface area (Å²) < 4.78 is 0. The van der Waals surface area contributed by atoms with E-state index in [1.54, 1.807) is 18.4 Å². The van der Waals surface area contributed by atoms with Gasteiger partial charge < -0.3 is 22.1 Å². The third kappa shape index (κ3) is 14.8. The van der Waals surface area contributed by atoms with Crippen LogP contribution in [0.25, 0.3) is 10.6 Å². The van der Waals surface area contributed by atoms with Gasteiger partial charge in [-0.05, 0) is 84.8 Å². The van der Waals surface area contributed by atoms with Crippen molar-refractivity contribution in [2.24, 2.45) is 17.4 Å². The number of allylic oxidation sites excluding steroid dienone is 2. The number of amides is 2. The summed E-state index contributed by atoms with van der Waals surface area (Å²) in [5.41, 5.74) is 10.6. The van der Waals surface area contributed by atoms with Gasteiger partial charge in [0.2, 0.25) is 11.8 Å². The van der Waals surface area contributed by atoms with Crippen LogP contribution in [0, 0.1) is 5.92 Å². The molecule has 1 fully saturated rings. The Kier molecular flexibility index (Phi) is 19.9. The molecule has 0 bridgehead atoms. The maximum atomic E-state index is 10.5. The van der Waals surface area contributed by atoms with Crippen LogP contribution in [0.5, 0.6) is 0 Å². The molecule has 0 radical (unpaired) electrons. The van der Waals surface area contributed by atoms with Gasteiger partial charge in [0.05, 0.1) is 15.8 Å². The van der Waals surface area contributed by atoms with Crippen molar-refractivity contribution in [2.75, 3.05) is 19.6 Å². The molecule has 0 saturated carbocycles. The zero-order valence-corrected chi connectivity index (χ0v) is 35.4. The van der Waals surface area contributed by atoms with Gasteiger partial charge in [-0.3, -0.25) is 9.59 Å².